The number of phenolic OH excluding ortho intramolecular Hbond substituents is 1. The summed E-state index contributed by atoms with van der Waals surface area (Å²) in [6.07, 6.45) is -2.47. The second-order valence-electron chi connectivity index (χ2n) is 6.40. The fraction of sp³-hybridized carbons (Fsp3) is 0.412. The van der Waals surface area contributed by atoms with Gasteiger partial charge >= 0.3 is 6.18 Å². The third-order valence-electron chi connectivity index (χ3n) is 4.29. The number of anilines is 1. The van der Waals surface area contributed by atoms with Gasteiger partial charge in [0.05, 0.1) is 21.8 Å². The highest BCUT2D eigenvalue weighted by Gasteiger charge is 2.32. The first kappa shape index (κ1) is 18.7. The van der Waals surface area contributed by atoms with Gasteiger partial charge in [-0.1, -0.05) is 11.6 Å². The van der Waals surface area contributed by atoms with E-state index in [4.69, 9.17) is 11.6 Å². The van der Waals surface area contributed by atoms with Crippen molar-refractivity contribution in [2.24, 2.45) is 0 Å². The van der Waals surface area contributed by atoms with Crippen molar-refractivity contribution < 1.29 is 18.3 Å². The lowest BCUT2D eigenvalue weighted by atomic mass is 10.1. The van der Waals surface area contributed by atoms with Crippen molar-refractivity contribution in [1.29, 1.82) is 0 Å². The Hall–Kier alpha value is -2.06. The molecule has 0 saturated carbocycles. The largest absolute Gasteiger partial charge is 0.507 e. The molecular formula is C17H18ClF3N4O. The number of likely N-dealkylation sites (N-methyl/N-ethyl adjacent to an activating group) is 1. The molecule has 5 nitrogen and oxygen atoms in total. The summed E-state index contributed by atoms with van der Waals surface area (Å²) in [5.41, 5.74) is -0.792. The molecule has 140 valence electrons. The molecule has 1 atom stereocenters. The Morgan fingerprint density at radius 1 is 1.27 bits per heavy atom. The minimum Gasteiger partial charge on any atom is -0.507 e. The Bertz CT molecular complexity index is 760. The highest BCUT2D eigenvalue weighted by molar-refractivity contribution is 6.33. The molecule has 1 aromatic heterocycles. The van der Waals surface area contributed by atoms with Crippen LogP contribution in [0.15, 0.2) is 24.3 Å². The van der Waals surface area contributed by atoms with E-state index in [0.717, 1.165) is 32.0 Å². The van der Waals surface area contributed by atoms with Crippen molar-refractivity contribution in [2.75, 3.05) is 25.5 Å². The number of alkyl halides is 3. The predicted octanol–water partition coefficient (Wildman–Crippen LogP) is 4.03. The summed E-state index contributed by atoms with van der Waals surface area (Å²) in [5.74, 6) is -0.0229. The number of hydrogen-bond donors (Lipinski definition) is 2. The van der Waals surface area contributed by atoms with Crippen LogP contribution in [-0.4, -0.2) is 46.4 Å². The third-order valence-corrected chi connectivity index (χ3v) is 4.59. The van der Waals surface area contributed by atoms with Crippen LogP contribution in [0.4, 0.5) is 19.0 Å². The van der Waals surface area contributed by atoms with Crippen LogP contribution in [0, 0.1) is 0 Å². The molecule has 0 bridgehead atoms. The van der Waals surface area contributed by atoms with Gasteiger partial charge in [0.15, 0.2) is 0 Å². The molecule has 0 radical (unpaired) electrons. The Balaban J connectivity index is 1.80. The maximum Gasteiger partial charge on any atom is 0.416 e. The Morgan fingerprint density at radius 3 is 2.62 bits per heavy atom. The maximum atomic E-state index is 12.8. The topological polar surface area (TPSA) is 61.3 Å². The number of halogens is 4. The van der Waals surface area contributed by atoms with Gasteiger partial charge in [-0.15, -0.1) is 10.2 Å². The average Bonchev–Trinajstić information content (AvgIpc) is 2.55. The number of likely N-dealkylation sites (tertiary alicyclic amines) is 1. The molecule has 2 heterocycles. The highest BCUT2D eigenvalue weighted by atomic mass is 35.5. The van der Waals surface area contributed by atoms with Crippen molar-refractivity contribution in [3.05, 3.63) is 34.9 Å². The fourth-order valence-electron chi connectivity index (χ4n) is 3.05. The first-order valence-corrected chi connectivity index (χ1v) is 8.50. The second kappa shape index (κ2) is 7.28. The molecule has 0 spiro atoms. The zero-order chi connectivity index (χ0) is 18.9. The number of nitrogens with zero attached hydrogens (tertiary/aromatic N) is 3. The number of benzene rings is 1. The molecule has 0 aliphatic carbocycles. The molecule has 1 aliphatic heterocycles. The predicted molar refractivity (Wildman–Crippen MR) is 93.3 cm³/mol. The van der Waals surface area contributed by atoms with Crippen molar-refractivity contribution in [3.63, 3.8) is 0 Å². The van der Waals surface area contributed by atoms with Crippen LogP contribution < -0.4 is 5.32 Å². The van der Waals surface area contributed by atoms with Crippen molar-refractivity contribution in [2.45, 2.75) is 25.1 Å². The Morgan fingerprint density at radius 2 is 2.04 bits per heavy atom. The van der Waals surface area contributed by atoms with Crippen LogP contribution >= 0.6 is 11.6 Å². The minimum atomic E-state index is -4.59. The van der Waals surface area contributed by atoms with Gasteiger partial charge < -0.3 is 15.3 Å². The normalized spacial score (nSPS) is 18.7. The summed E-state index contributed by atoms with van der Waals surface area (Å²) in [6.45, 7) is 1.96. The maximum absolute atomic E-state index is 12.8. The number of nitrogens with one attached hydrogen (secondary N) is 1. The number of phenols is 1. The summed E-state index contributed by atoms with van der Waals surface area (Å²) in [4.78, 5) is 2.23. The SMILES string of the molecule is CN1CCC[C@@H](Nc2ccc(-c3c(O)cc(C(F)(F)F)cc3Cl)nn2)C1. The van der Waals surface area contributed by atoms with E-state index < -0.39 is 17.5 Å². The number of piperidine rings is 1. The van der Waals surface area contributed by atoms with Crippen LogP contribution in [-0.2, 0) is 6.18 Å². The van der Waals surface area contributed by atoms with Crippen LogP contribution in [0.5, 0.6) is 5.75 Å². The Kier molecular flexibility index (Phi) is 5.24. The first-order chi connectivity index (χ1) is 12.2. The third kappa shape index (κ3) is 4.19. The molecule has 1 saturated heterocycles. The van der Waals surface area contributed by atoms with Gasteiger partial charge in [0.2, 0.25) is 0 Å². The summed E-state index contributed by atoms with van der Waals surface area (Å²) < 4.78 is 38.3. The minimum absolute atomic E-state index is 0.0242. The Labute approximate surface area is 153 Å². The van der Waals surface area contributed by atoms with Crippen molar-refractivity contribution in [3.8, 4) is 17.0 Å². The van der Waals surface area contributed by atoms with Crippen LogP contribution in [0.3, 0.4) is 0 Å². The number of aromatic hydroxyl groups is 1. The van der Waals surface area contributed by atoms with Gasteiger partial charge in [-0.2, -0.15) is 13.2 Å². The molecular weight excluding hydrogens is 369 g/mol. The number of hydrogen-bond acceptors (Lipinski definition) is 5. The van der Waals surface area contributed by atoms with Gasteiger partial charge in [-0.3, -0.25) is 0 Å². The average molecular weight is 387 g/mol. The quantitative estimate of drug-likeness (QED) is 0.834. The summed E-state index contributed by atoms with van der Waals surface area (Å²) >= 11 is 5.94. The van der Waals surface area contributed by atoms with E-state index in [2.05, 4.69) is 27.5 Å². The van der Waals surface area contributed by atoms with E-state index in [1.807, 2.05) is 0 Å². The van der Waals surface area contributed by atoms with Crippen LogP contribution in [0.2, 0.25) is 5.02 Å². The summed E-state index contributed by atoms with van der Waals surface area (Å²) in [5, 5.41) is 21.1. The second-order valence-corrected chi connectivity index (χ2v) is 6.81. The van der Waals surface area contributed by atoms with Gasteiger partial charge in [0, 0.05) is 12.6 Å². The lowest BCUT2D eigenvalue weighted by Gasteiger charge is -2.30. The van der Waals surface area contributed by atoms with E-state index in [-0.39, 0.29) is 22.3 Å². The van der Waals surface area contributed by atoms with Gasteiger partial charge in [0.1, 0.15) is 11.6 Å². The highest BCUT2D eigenvalue weighted by Crippen LogP contribution is 2.40. The van der Waals surface area contributed by atoms with Crippen LogP contribution in [0.1, 0.15) is 18.4 Å². The van der Waals surface area contributed by atoms with E-state index >= 15 is 0 Å². The van der Waals surface area contributed by atoms with E-state index in [9.17, 15) is 18.3 Å². The van der Waals surface area contributed by atoms with E-state index in [1.54, 1.807) is 12.1 Å². The number of aromatic nitrogens is 2. The lowest BCUT2D eigenvalue weighted by molar-refractivity contribution is -0.137. The zero-order valence-electron chi connectivity index (χ0n) is 14.0. The van der Waals surface area contributed by atoms with E-state index in [0.29, 0.717) is 11.9 Å². The van der Waals surface area contributed by atoms with Gasteiger partial charge in [-0.25, -0.2) is 0 Å². The molecule has 9 heteroatoms. The smallest absolute Gasteiger partial charge is 0.416 e. The first-order valence-electron chi connectivity index (χ1n) is 8.13. The molecule has 0 amide bonds. The zero-order valence-corrected chi connectivity index (χ0v) is 14.8. The fourth-order valence-corrected chi connectivity index (χ4v) is 3.36. The molecule has 0 unspecified atom stereocenters. The van der Waals surface area contributed by atoms with E-state index in [1.165, 1.54) is 0 Å². The molecule has 2 aromatic rings. The molecule has 2 N–H and O–H groups in total. The monoisotopic (exact) mass is 386 g/mol. The molecule has 1 aliphatic rings. The van der Waals surface area contributed by atoms with Crippen molar-refractivity contribution in [1.82, 2.24) is 15.1 Å². The molecule has 3 rings (SSSR count). The van der Waals surface area contributed by atoms with Gasteiger partial charge in [0.25, 0.3) is 0 Å². The summed E-state index contributed by atoms with van der Waals surface area (Å²) in [6, 6.07) is 4.90. The lowest BCUT2D eigenvalue weighted by Crippen LogP contribution is -2.39. The summed E-state index contributed by atoms with van der Waals surface area (Å²) in [7, 11) is 2.05. The molecule has 1 fully saturated rings. The standard InChI is InChI=1S/C17H18ClF3N4O/c1-25-6-2-3-11(9-25)22-15-5-4-13(23-24-15)16-12(18)7-10(8-14(16)26)17(19,20)21/h4-5,7-8,11,26H,2-3,6,9H2,1H3,(H,22,24)/t11-/m1/s1. The molecule has 26 heavy (non-hydrogen) atoms. The molecule has 1 aromatic carbocycles. The number of rotatable bonds is 3. The van der Waals surface area contributed by atoms with Crippen molar-refractivity contribution >= 4 is 17.4 Å². The van der Waals surface area contributed by atoms with Crippen LogP contribution in [0.25, 0.3) is 11.3 Å². The van der Waals surface area contributed by atoms with Gasteiger partial charge in [-0.05, 0) is 50.7 Å².